The van der Waals surface area contributed by atoms with Crippen LogP contribution in [0.1, 0.15) is 18.9 Å². The summed E-state index contributed by atoms with van der Waals surface area (Å²) < 4.78 is 5.02. The zero-order chi connectivity index (χ0) is 13.5. The van der Waals surface area contributed by atoms with Crippen LogP contribution in [0.2, 0.25) is 10.0 Å². The molecule has 94 valence electrons. The van der Waals surface area contributed by atoms with Gasteiger partial charge in [0.25, 0.3) is 0 Å². The van der Waals surface area contributed by atoms with E-state index >= 15 is 0 Å². The summed E-state index contributed by atoms with van der Waals surface area (Å²) in [4.78, 5) is 10.9. The minimum Gasteiger partial charge on any atom is -0.449 e. The molecule has 1 unspecified atom stereocenters. The molecule has 0 spiro atoms. The topological polar surface area (TPSA) is 26.3 Å². The number of carbonyl (C=O) groups is 1. The first kappa shape index (κ1) is 14.6. The summed E-state index contributed by atoms with van der Waals surface area (Å²) >= 11 is 11.7. The number of hydrogen-bond acceptors (Lipinski definition) is 2. The largest absolute Gasteiger partial charge is 0.449 e. The molecule has 2 nitrogen and oxygen atoms in total. The van der Waals surface area contributed by atoms with Gasteiger partial charge in [-0.1, -0.05) is 41.1 Å². The average molecular weight is 283 g/mol. The lowest BCUT2D eigenvalue weighted by atomic mass is 10.2. The first-order chi connectivity index (χ1) is 8.52. The van der Waals surface area contributed by atoms with Crippen LogP contribution in [-0.2, 0) is 9.53 Å². The third-order valence-electron chi connectivity index (χ3n) is 1.99. The molecule has 0 amide bonds. The number of rotatable bonds is 3. The number of halogens is 2. The summed E-state index contributed by atoms with van der Waals surface area (Å²) in [7, 11) is 0. The third kappa shape index (κ3) is 4.83. The van der Waals surface area contributed by atoms with Gasteiger partial charge in [-0.15, -0.1) is 6.58 Å². The van der Waals surface area contributed by atoms with Gasteiger partial charge in [-0.25, -0.2) is 0 Å². The Morgan fingerprint density at radius 3 is 2.78 bits per heavy atom. The van der Waals surface area contributed by atoms with Gasteiger partial charge in [0.05, 0.1) is 10.0 Å². The molecular weight excluding hydrogens is 271 g/mol. The molecule has 0 N–H and O–H groups in total. The van der Waals surface area contributed by atoms with Crippen LogP contribution in [0.5, 0.6) is 0 Å². The molecule has 0 saturated heterocycles. The van der Waals surface area contributed by atoms with Crippen LogP contribution < -0.4 is 0 Å². The molecule has 4 heteroatoms. The fraction of sp³-hybridized carbons (Fsp3) is 0.214. The molecule has 0 radical (unpaired) electrons. The lowest BCUT2D eigenvalue weighted by Gasteiger charge is -2.07. The predicted octanol–water partition coefficient (Wildman–Crippen LogP) is 3.85. The minimum atomic E-state index is -0.491. The molecule has 0 aliphatic carbocycles. The molecular formula is C14H12Cl2O2. The Bertz CT molecular complexity index is 512. The summed E-state index contributed by atoms with van der Waals surface area (Å²) in [5.74, 6) is 5.36. The SMILES string of the molecule is C=CCC(C#Cc1ccc(Cl)c(Cl)c1)OC(C)=O. The molecule has 0 aliphatic heterocycles. The molecule has 0 aliphatic rings. The van der Waals surface area contributed by atoms with Crippen molar-refractivity contribution in [2.75, 3.05) is 0 Å². The van der Waals surface area contributed by atoms with Gasteiger partial charge < -0.3 is 4.74 Å². The highest BCUT2D eigenvalue weighted by molar-refractivity contribution is 6.42. The highest BCUT2D eigenvalue weighted by Crippen LogP contribution is 2.22. The smallest absolute Gasteiger partial charge is 0.303 e. The predicted molar refractivity (Wildman–Crippen MR) is 73.7 cm³/mol. The van der Waals surface area contributed by atoms with Gasteiger partial charge in [-0.3, -0.25) is 4.79 Å². The van der Waals surface area contributed by atoms with Crippen molar-refractivity contribution in [1.29, 1.82) is 0 Å². The normalized spacial score (nSPS) is 11.1. The molecule has 0 aromatic heterocycles. The van der Waals surface area contributed by atoms with Crippen molar-refractivity contribution in [2.45, 2.75) is 19.4 Å². The van der Waals surface area contributed by atoms with Crippen molar-refractivity contribution < 1.29 is 9.53 Å². The molecule has 18 heavy (non-hydrogen) atoms. The van der Waals surface area contributed by atoms with Gasteiger partial charge in [0.1, 0.15) is 0 Å². The molecule has 0 saturated carbocycles. The fourth-order valence-corrected chi connectivity index (χ4v) is 1.52. The van der Waals surface area contributed by atoms with Crippen LogP contribution in [0, 0.1) is 11.8 Å². The molecule has 1 atom stereocenters. The second-order valence-electron chi connectivity index (χ2n) is 3.52. The van der Waals surface area contributed by atoms with E-state index in [0.717, 1.165) is 0 Å². The first-order valence-electron chi connectivity index (χ1n) is 5.27. The standard InChI is InChI=1S/C14H12Cl2O2/c1-3-4-12(18-10(2)17)7-5-11-6-8-13(15)14(16)9-11/h3,6,8-9,12H,1,4H2,2H3. The van der Waals surface area contributed by atoms with E-state index in [1.807, 2.05) is 0 Å². The Labute approximate surface area is 117 Å². The Hall–Kier alpha value is -1.43. The van der Waals surface area contributed by atoms with Crippen molar-refractivity contribution >= 4 is 29.2 Å². The zero-order valence-corrected chi connectivity index (χ0v) is 11.4. The van der Waals surface area contributed by atoms with Gasteiger partial charge in [0.15, 0.2) is 6.10 Å². The van der Waals surface area contributed by atoms with E-state index in [-0.39, 0.29) is 5.97 Å². The van der Waals surface area contributed by atoms with Crippen LogP contribution in [0.3, 0.4) is 0 Å². The van der Waals surface area contributed by atoms with Crippen LogP contribution in [-0.4, -0.2) is 12.1 Å². The van der Waals surface area contributed by atoms with Gasteiger partial charge in [0, 0.05) is 18.9 Å². The second-order valence-corrected chi connectivity index (χ2v) is 4.34. The summed E-state index contributed by atoms with van der Waals surface area (Å²) in [6.45, 7) is 4.94. The number of benzene rings is 1. The minimum absolute atomic E-state index is 0.370. The van der Waals surface area contributed by atoms with E-state index in [1.54, 1.807) is 24.3 Å². The molecule has 1 aromatic carbocycles. The Morgan fingerprint density at radius 2 is 2.22 bits per heavy atom. The number of carbonyl (C=O) groups excluding carboxylic acids is 1. The fourth-order valence-electron chi connectivity index (χ4n) is 1.23. The third-order valence-corrected chi connectivity index (χ3v) is 2.73. The Balaban J connectivity index is 2.85. The molecule has 0 heterocycles. The van der Waals surface area contributed by atoms with Crippen LogP contribution in [0.15, 0.2) is 30.9 Å². The number of ether oxygens (including phenoxy) is 1. The zero-order valence-electron chi connectivity index (χ0n) is 9.87. The van der Waals surface area contributed by atoms with Gasteiger partial charge in [-0.05, 0) is 18.2 Å². The van der Waals surface area contributed by atoms with Gasteiger partial charge in [0.2, 0.25) is 0 Å². The van der Waals surface area contributed by atoms with E-state index in [1.165, 1.54) is 6.92 Å². The van der Waals surface area contributed by atoms with E-state index in [2.05, 4.69) is 18.4 Å². The monoisotopic (exact) mass is 282 g/mol. The maximum Gasteiger partial charge on any atom is 0.303 e. The van der Waals surface area contributed by atoms with Gasteiger partial charge in [-0.2, -0.15) is 0 Å². The summed E-state index contributed by atoms with van der Waals surface area (Å²) in [6, 6.07) is 5.08. The van der Waals surface area contributed by atoms with E-state index < -0.39 is 6.10 Å². The van der Waals surface area contributed by atoms with Crippen molar-refractivity contribution in [2.24, 2.45) is 0 Å². The highest BCUT2D eigenvalue weighted by Gasteiger charge is 2.05. The maximum absolute atomic E-state index is 10.9. The Morgan fingerprint density at radius 1 is 1.50 bits per heavy atom. The summed E-state index contributed by atoms with van der Waals surface area (Å²) in [5, 5.41) is 0.918. The van der Waals surface area contributed by atoms with Crippen LogP contribution in [0.25, 0.3) is 0 Å². The molecule has 1 rings (SSSR count). The number of hydrogen-bond donors (Lipinski definition) is 0. The Kier molecular flexibility index (Phi) is 5.77. The summed E-state index contributed by atoms with van der Waals surface area (Å²) in [5.41, 5.74) is 0.714. The second kappa shape index (κ2) is 7.10. The summed E-state index contributed by atoms with van der Waals surface area (Å²) in [6.07, 6.45) is 1.64. The van der Waals surface area contributed by atoms with Crippen LogP contribution in [0.4, 0.5) is 0 Å². The molecule has 0 fully saturated rings. The first-order valence-corrected chi connectivity index (χ1v) is 6.03. The molecule has 1 aromatic rings. The van der Waals surface area contributed by atoms with Crippen LogP contribution >= 0.6 is 23.2 Å². The van der Waals surface area contributed by atoms with Crippen molar-refractivity contribution in [3.63, 3.8) is 0 Å². The quantitative estimate of drug-likeness (QED) is 0.478. The van der Waals surface area contributed by atoms with Crippen molar-refractivity contribution in [1.82, 2.24) is 0 Å². The van der Waals surface area contributed by atoms with Crippen molar-refractivity contribution in [3.8, 4) is 11.8 Å². The van der Waals surface area contributed by atoms with E-state index in [4.69, 9.17) is 27.9 Å². The maximum atomic E-state index is 10.9. The number of esters is 1. The van der Waals surface area contributed by atoms with E-state index in [0.29, 0.717) is 22.0 Å². The van der Waals surface area contributed by atoms with Crippen molar-refractivity contribution in [3.05, 3.63) is 46.5 Å². The lowest BCUT2D eigenvalue weighted by molar-refractivity contribution is -0.143. The average Bonchev–Trinajstić information content (AvgIpc) is 2.30. The lowest BCUT2D eigenvalue weighted by Crippen LogP contribution is -2.13. The van der Waals surface area contributed by atoms with Gasteiger partial charge >= 0.3 is 5.97 Å². The molecule has 0 bridgehead atoms. The highest BCUT2D eigenvalue weighted by atomic mass is 35.5. The van der Waals surface area contributed by atoms with E-state index in [9.17, 15) is 4.79 Å².